The van der Waals surface area contributed by atoms with E-state index in [0.717, 1.165) is 0 Å². The molecule has 0 unspecified atom stereocenters. The number of nitro groups is 1. The van der Waals surface area contributed by atoms with Crippen molar-refractivity contribution in [3.63, 3.8) is 0 Å². The van der Waals surface area contributed by atoms with Crippen molar-refractivity contribution < 1.29 is 23.6 Å². The van der Waals surface area contributed by atoms with Crippen LogP contribution in [0.15, 0.2) is 64.1 Å². The van der Waals surface area contributed by atoms with E-state index in [1.807, 2.05) is 0 Å². The van der Waals surface area contributed by atoms with Crippen molar-refractivity contribution >= 4 is 17.8 Å². The SMILES string of the molecule is COc1ccc(C(=O)NN=Cc2ccc(-c3ccc([N+](=O)[O-])cc3)o2)c(OC)c1. The topological polar surface area (TPSA) is 116 Å². The average molecular weight is 395 g/mol. The number of furan rings is 1. The molecular formula is C20H17N3O6. The van der Waals surface area contributed by atoms with Gasteiger partial charge in [-0.15, -0.1) is 0 Å². The monoisotopic (exact) mass is 395 g/mol. The zero-order valence-electron chi connectivity index (χ0n) is 15.6. The Bertz CT molecular complexity index is 1060. The number of nitrogens with zero attached hydrogens (tertiary/aromatic N) is 2. The molecule has 0 saturated carbocycles. The second-order valence-electron chi connectivity index (χ2n) is 5.77. The number of non-ortho nitro benzene ring substituents is 1. The van der Waals surface area contributed by atoms with Crippen molar-refractivity contribution in [1.82, 2.24) is 5.43 Å². The molecule has 3 aromatic rings. The Morgan fingerprint density at radius 3 is 2.52 bits per heavy atom. The first kappa shape index (κ1) is 19.6. The fraction of sp³-hybridized carbons (Fsp3) is 0.100. The quantitative estimate of drug-likeness (QED) is 0.371. The highest BCUT2D eigenvalue weighted by atomic mass is 16.6. The van der Waals surface area contributed by atoms with Gasteiger partial charge in [-0.3, -0.25) is 14.9 Å². The number of carbonyl (C=O) groups excluding carboxylic acids is 1. The van der Waals surface area contributed by atoms with Gasteiger partial charge in [0.1, 0.15) is 23.0 Å². The predicted molar refractivity (Wildman–Crippen MR) is 105 cm³/mol. The maximum atomic E-state index is 12.3. The predicted octanol–water partition coefficient (Wildman–Crippen LogP) is 3.64. The Morgan fingerprint density at radius 1 is 1.10 bits per heavy atom. The first-order valence-electron chi connectivity index (χ1n) is 8.42. The number of benzene rings is 2. The standard InChI is InChI=1S/C20H17N3O6/c1-27-15-7-9-17(19(11-15)28-2)20(24)22-21-12-16-8-10-18(29-16)13-3-5-14(6-4-13)23(25)26/h3-12H,1-2H3,(H,22,24). The maximum Gasteiger partial charge on any atom is 0.275 e. The molecule has 0 radical (unpaired) electrons. The minimum absolute atomic E-state index is 0.00114. The summed E-state index contributed by atoms with van der Waals surface area (Å²) in [5.41, 5.74) is 3.39. The molecule has 1 aromatic heterocycles. The first-order chi connectivity index (χ1) is 14.0. The second-order valence-corrected chi connectivity index (χ2v) is 5.77. The number of nitrogens with one attached hydrogen (secondary N) is 1. The van der Waals surface area contributed by atoms with Gasteiger partial charge in [0.2, 0.25) is 0 Å². The molecule has 0 aliphatic rings. The van der Waals surface area contributed by atoms with Crippen LogP contribution in [0.3, 0.4) is 0 Å². The Hall–Kier alpha value is -4.14. The van der Waals surface area contributed by atoms with Crippen LogP contribution in [-0.2, 0) is 0 Å². The van der Waals surface area contributed by atoms with Gasteiger partial charge in [-0.05, 0) is 36.4 Å². The Labute approximate surface area is 165 Å². The molecule has 1 heterocycles. The summed E-state index contributed by atoms with van der Waals surface area (Å²) in [6, 6.07) is 14.2. The summed E-state index contributed by atoms with van der Waals surface area (Å²) in [4.78, 5) is 22.5. The van der Waals surface area contributed by atoms with Crippen LogP contribution in [-0.4, -0.2) is 31.3 Å². The molecule has 0 aliphatic carbocycles. The number of amides is 1. The molecule has 1 N–H and O–H groups in total. The van der Waals surface area contributed by atoms with Crippen LogP contribution in [0.2, 0.25) is 0 Å². The smallest absolute Gasteiger partial charge is 0.275 e. The molecule has 0 fully saturated rings. The zero-order chi connectivity index (χ0) is 20.8. The molecule has 2 aromatic carbocycles. The molecule has 0 saturated heterocycles. The van der Waals surface area contributed by atoms with E-state index in [2.05, 4.69) is 10.5 Å². The van der Waals surface area contributed by atoms with Gasteiger partial charge in [0.25, 0.3) is 11.6 Å². The number of hydrogen-bond acceptors (Lipinski definition) is 7. The summed E-state index contributed by atoms with van der Waals surface area (Å²) in [6.07, 6.45) is 1.35. The highest BCUT2D eigenvalue weighted by Crippen LogP contribution is 2.25. The zero-order valence-corrected chi connectivity index (χ0v) is 15.6. The van der Waals surface area contributed by atoms with Crippen LogP contribution in [0.25, 0.3) is 11.3 Å². The molecule has 29 heavy (non-hydrogen) atoms. The van der Waals surface area contributed by atoms with E-state index in [0.29, 0.717) is 34.1 Å². The minimum atomic E-state index is -0.468. The van der Waals surface area contributed by atoms with E-state index in [-0.39, 0.29) is 5.69 Å². The largest absolute Gasteiger partial charge is 0.497 e. The summed E-state index contributed by atoms with van der Waals surface area (Å²) in [5, 5.41) is 14.6. The van der Waals surface area contributed by atoms with E-state index in [9.17, 15) is 14.9 Å². The van der Waals surface area contributed by atoms with E-state index in [4.69, 9.17) is 13.9 Å². The minimum Gasteiger partial charge on any atom is -0.497 e. The summed E-state index contributed by atoms with van der Waals surface area (Å²) in [7, 11) is 2.98. The van der Waals surface area contributed by atoms with Gasteiger partial charge < -0.3 is 13.9 Å². The highest BCUT2D eigenvalue weighted by Gasteiger charge is 2.13. The van der Waals surface area contributed by atoms with Gasteiger partial charge >= 0.3 is 0 Å². The lowest BCUT2D eigenvalue weighted by Gasteiger charge is -2.08. The molecule has 0 bridgehead atoms. The number of hydrazone groups is 1. The molecular weight excluding hydrogens is 378 g/mol. The third-order valence-electron chi connectivity index (χ3n) is 4.00. The number of rotatable bonds is 7. The third kappa shape index (κ3) is 4.59. The van der Waals surface area contributed by atoms with Crippen LogP contribution < -0.4 is 14.9 Å². The number of ether oxygens (including phenoxy) is 2. The Kier molecular flexibility index (Phi) is 5.88. The molecule has 0 spiro atoms. The normalized spacial score (nSPS) is 10.7. The van der Waals surface area contributed by atoms with Gasteiger partial charge in [0, 0.05) is 23.8 Å². The van der Waals surface area contributed by atoms with Crippen molar-refractivity contribution in [1.29, 1.82) is 0 Å². The van der Waals surface area contributed by atoms with Crippen LogP contribution in [0.1, 0.15) is 16.1 Å². The summed E-state index contributed by atoms with van der Waals surface area (Å²) in [6.45, 7) is 0. The highest BCUT2D eigenvalue weighted by molar-refractivity contribution is 5.97. The second kappa shape index (κ2) is 8.70. The van der Waals surface area contributed by atoms with Crippen LogP contribution in [0, 0.1) is 10.1 Å². The molecule has 1 amide bonds. The molecule has 9 nitrogen and oxygen atoms in total. The van der Waals surface area contributed by atoms with E-state index in [1.165, 1.54) is 32.6 Å². The molecule has 0 atom stereocenters. The van der Waals surface area contributed by atoms with Crippen molar-refractivity contribution in [2.24, 2.45) is 5.10 Å². The molecule has 9 heteroatoms. The van der Waals surface area contributed by atoms with Crippen molar-refractivity contribution in [3.05, 3.63) is 76.0 Å². The number of carbonyl (C=O) groups is 1. The van der Waals surface area contributed by atoms with Gasteiger partial charge in [-0.2, -0.15) is 5.10 Å². The summed E-state index contributed by atoms with van der Waals surface area (Å²) < 4.78 is 15.9. The van der Waals surface area contributed by atoms with Gasteiger partial charge in [-0.25, -0.2) is 5.43 Å². The van der Waals surface area contributed by atoms with Gasteiger partial charge in [0.05, 0.1) is 30.9 Å². The molecule has 0 aliphatic heterocycles. The summed E-state index contributed by atoms with van der Waals surface area (Å²) in [5.74, 6) is 1.39. The fourth-order valence-corrected chi connectivity index (χ4v) is 2.53. The van der Waals surface area contributed by atoms with Crippen molar-refractivity contribution in [3.8, 4) is 22.8 Å². The van der Waals surface area contributed by atoms with E-state index in [1.54, 1.807) is 42.5 Å². The summed E-state index contributed by atoms with van der Waals surface area (Å²) >= 11 is 0. The number of nitro benzene ring substituents is 1. The number of hydrogen-bond donors (Lipinski definition) is 1. The van der Waals surface area contributed by atoms with E-state index >= 15 is 0 Å². The average Bonchev–Trinajstić information content (AvgIpc) is 3.22. The lowest BCUT2D eigenvalue weighted by molar-refractivity contribution is -0.384. The van der Waals surface area contributed by atoms with Crippen molar-refractivity contribution in [2.45, 2.75) is 0 Å². The van der Waals surface area contributed by atoms with Gasteiger partial charge in [0.15, 0.2) is 0 Å². The molecule has 3 rings (SSSR count). The van der Waals surface area contributed by atoms with Crippen molar-refractivity contribution in [2.75, 3.05) is 14.2 Å². The van der Waals surface area contributed by atoms with Crippen LogP contribution in [0.4, 0.5) is 5.69 Å². The Morgan fingerprint density at radius 2 is 1.86 bits per heavy atom. The lowest BCUT2D eigenvalue weighted by Crippen LogP contribution is -2.18. The van der Waals surface area contributed by atoms with Crippen LogP contribution >= 0.6 is 0 Å². The lowest BCUT2D eigenvalue weighted by atomic mass is 10.1. The Balaban J connectivity index is 1.67. The molecule has 148 valence electrons. The van der Waals surface area contributed by atoms with Crippen LogP contribution in [0.5, 0.6) is 11.5 Å². The van der Waals surface area contributed by atoms with Gasteiger partial charge in [-0.1, -0.05) is 0 Å². The fourth-order valence-electron chi connectivity index (χ4n) is 2.53. The maximum absolute atomic E-state index is 12.3. The van der Waals surface area contributed by atoms with E-state index < -0.39 is 10.8 Å². The number of methoxy groups -OCH3 is 2. The first-order valence-corrected chi connectivity index (χ1v) is 8.42. The third-order valence-corrected chi connectivity index (χ3v) is 4.00.